The maximum absolute atomic E-state index is 11.3. The summed E-state index contributed by atoms with van der Waals surface area (Å²) >= 11 is 1.27. The zero-order valence-electron chi connectivity index (χ0n) is 7.32. The molecular weight excluding hydrogens is 184 g/mol. The molecule has 0 bridgehead atoms. The van der Waals surface area contributed by atoms with Crippen LogP contribution >= 0.6 is 11.8 Å². The molecule has 0 aliphatic heterocycles. The third kappa shape index (κ3) is 2.70. The minimum Gasteiger partial charge on any atom is -0.298 e. The van der Waals surface area contributed by atoms with Gasteiger partial charge in [-0.15, -0.1) is 0 Å². The van der Waals surface area contributed by atoms with Crippen LogP contribution in [0.3, 0.4) is 0 Å². The summed E-state index contributed by atoms with van der Waals surface area (Å²) in [5.41, 5.74) is 1.25. The van der Waals surface area contributed by atoms with E-state index in [-0.39, 0.29) is 5.12 Å². The summed E-state index contributed by atoms with van der Waals surface area (Å²) in [6.45, 7) is 1.93. The van der Waals surface area contributed by atoms with E-state index in [1.165, 1.54) is 11.8 Å². The summed E-state index contributed by atoms with van der Waals surface area (Å²) in [6.07, 6.45) is 0.765. The Morgan fingerprint density at radius 3 is 2.46 bits per heavy atom. The van der Waals surface area contributed by atoms with E-state index in [2.05, 4.69) is 0 Å². The first-order valence-corrected chi connectivity index (χ1v) is 4.99. The Balaban J connectivity index is 2.79. The average Bonchev–Trinajstić information content (AvgIpc) is 2.18. The summed E-state index contributed by atoms with van der Waals surface area (Å²) in [6, 6.07) is 6.65. The van der Waals surface area contributed by atoms with Crippen LogP contribution in [0.2, 0.25) is 0 Å². The van der Waals surface area contributed by atoms with Crippen LogP contribution in [0.15, 0.2) is 24.3 Å². The Labute approximate surface area is 81.3 Å². The highest BCUT2D eigenvalue weighted by Gasteiger charge is 2.03. The Bertz CT molecular complexity index is 303. The minimum absolute atomic E-state index is 0.0555. The van der Waals surface area contributed by atoms with Crippen molar-refractivity contribution in [1.82, 2.24) is 0 Å². The molecule has 0 fully saturated rings. The highest BCUT2D eigenvalue weighted by atomic mass is 32.2. The molecule has 0 saturated carbocycles. The van der Waals surface area contributed by atoms with Crippen LogP contribution in [0, 0.1) is 0 Å². The van der Waals surface area contributed by atoms with Crippen LogP contribution in [0.5, 0.6) is 0 Å². The molecule has 0 atom stereocenters. The van der Waals surface area contributed by atoms with Crippen LogP contribution in [-0.4, -0.2) is 17.2 Å². The first-order chi connectivity index (χ1) is 6.27. The van der Waals surface area contributed by atoms with E-state index in [0.717, 1.165) is 12.0 Å². The first kappa shape index (κ1) is 9.99. The number of rotatable bonds is 3. The summed E-state index contributed by atoms with van der Waals surface area (Å²) < 4.78 is 0. The minimum atomic E-state index is 0.0555. The number of benzene rings is 1. The van der Waals surface area contributed by atoms with E-state index >= 15 is 0 Å². The molecule has 0 N–H and O–H groups in total. The van der Waals surface area contributed by atoms with Gasteiger partial charge in [-0.05, 0) is 17.9 Å². The number of hydrogen-bond donors (Lipinski definition) is 0. The lowest BCUT2D eigenvalue weighted by Gasteiger charge is -1.97. The van der Waals surface area contributed by atoms with Crippen molar-refractivity contribution in [1.29, 1.82) is 0 Å². The molecule has 0 aliphatic carbocycles. The number of carbonyl (C=O) groups excluding carboxylic acids is 2. The van der Waals surface area contributed by atoms with E-state index in [1.54, 1.807) is 24.3 Å². The smallest absolute Gasteiger partial charge is 0.219 e. The third-order valence-corrected chi connectivity index (χ3v) is 2.34. The van der Waals surface area contributed by atoms with E-state index in [1.807, 2.05) is 6.92 Å². The molecule has 0 unspecified atom stereocenters. The lowest BCUT2D eigenvalue weighted by atomic mass is 10.2. The second kappa shape index (κ2) is 4.82. The molecule has 13 heavy (non-hydrogen) atoms. The van der Waals surface area contributed by atoms with Crippen molar-refractivity contribution in [3.8, 4) is 0 Å². The molecule has 68 valence electrons. The van der Waals surface area contributed by atoms with Crippen molar-refractivity contribution in [3.05, 3.63) is 35.4 Å². The van der Waals surface area contributed by atoms with Crippen molar-refractivity contribution in [2.24, 2.45) is 0 Å². The lowest BCUT2D eigenvalue weighted by molar-refractivity contribution is 0.108. The maximum Gasteiger partial charge on any atom is 0.219 e. The van der Waals surface area contributed by atoms with Gasteiger partial charge in [0.15, 0.2) is 0 Å². The molecule has 0 radical (unpaired) electrons. The lowest BCUT2D eigenvalue weighted by Crippen LogP contribution is -1.93. The number of thioether (sulfide) groups is 1. The van der Waals surface area contributed by atoms with E-state index in [4.69, 9.17) is 0 Å². The van der Waals surface area contributed by atoms with Gasteiger partial charge in [0.2, 0.25) is 5.12 Å². The quantitative estimate of drug-likeness (QED) is 0.693. The maximum atomic E-state index is 11.3. The topological polar surface area (TPSA) is 34.1 Å². The SMILES string of the molecule is CCSC(=O)c1ccc(C=O)cc1. The van der Waals surface area contributed by atoms with E-state index in [9.17, 15) is 9.59 Å². The Hall–Kier alpha value is -1.09. The van der Waals surface area contributed by atoms with Gasteiger partial charge < -0.3 is 0 Å². The highest BCUT2D eigenvalue weighted by molar-refractivity contribution is 8.14. The molecule has 0 aliphatic rings. The number of hydrogen-bond acceptors (Lipinski definition) is 3. The van der Waals surface area contributed by atoms with Gasteiger partial charge >= 0.3 is 0 Å². The Kier molecular flexibility index (Phi) is 3.71. The van der Waals surface area contributed by atoms with Gasteiger partial charge in [0.1, 0.15) is 6.29 Å². The van der Waals surface area contributed by atoms with Crippen LogP contribution in [0.1, 0.15) is 27.6 Å². The molecule has 0 amide bonds. The highest BCUT2D eigenvalue weighted by Crippen LogP contribution is 2.12. The second-order valence-corrected chi connectivity index (χ2v) is 3.70. The fourth-order valence-corrected chi connectivity index (χ4v) is 1.48. The largest absolute Gasteiger partial charge is 0.298 e. The van der Waals surface area contributed by atoms with Crippen LogP contribution in [0.25, 0.3) is 0 Å². The monoisotopic (exact) mass is 194 g/mol. The zero-order chi connectivity index (χ0) is 9.68. The predicted octanol–water partition coefficient (Wildman–Crippen LogP) is 2.39. The first-order valence-electron chi connectivity index (χ1n) is 4.00. The molecule has 2 nitrogen and oxygen atoms in total. The van der Waals surface area contributed by atoms with Gasteiger partial charge in [-0.1, -0.05) is 30.8 Å². The Morgan fingerprint density at radius 1 is 1.38 bits per heavy atom. The molecule has 0 heterocycles. The van der Waals surface area contributed by atoms with Gasteiger partial charge in [0, 0.05) is 11.1 Å². The second-order valence-electron chi connectivity index (χ2n) is 2.46. The standard InChI is InChI=1S/C10H10O2S/c1-2-13-10(12)9-5-3-8(7-11)4-6-9/h3-7H,2H2,1H3. The summed E-state index contributed by atoms with van der Waals surface area (Å²) in [5, 5.41) is 0.0555. The molecule has 0 saturated heterocycles. The zero-order valence-corrected chi connectivity index (χ0v) is 8.14. The molecular formula is C10H10O2S. The number of carbonyl (C=O) groups is 2. The molecule has 1 aromatic carbocycles. The number of aldehydes is 1. The van der Waals surface area contributed by atoms with Gasteiger partial charge in [-0.25, -0.2) is 0 Å². The fraction of sp³-hybridized carbons (Fsp3) is 0.200. The summed E-state index contributed by atoms with van der Waals surface area (Å²) in [4.78, 5) is 21.6. The normalized spacial score (nSPS) is 9.62. The van der Waals surface area contributed by atoms with Crippen molar-refractivity contribution in [2.75, 3.05) is 5.75 Å². The molecule has 1 rings (SSSR count). The van der Waals surface area contributed by atoms with Crippen molar-refractivity contribution >= 4 is 23.2 Å². The van der Waals surface area contributed by atoms with Gasteiger partial charge in [-0.2, -0.15) is 0 Å². The van der Waals surface area contributed by atoms with Crippen LogP contribution < -0.4 is 0 Å². The van der Waals surface area contributed by atoms with Gasteiger partial charge in [0.25, 0.3) is 0 Å². The van der Waals surface area contributed by atoms with Gasteiger partial charge in [0.05, 0.1) is 0 Å². The van der Waals surface area contributed by atoms with Crippen LogP contribution in [-0.2, 0) is 0 Å². The summed E-state index contributed by atoms with van der Waals surface area (Å²) in [7, 11) is 0. The molecule has 0 spiro atoms. The van der Waals surface area contributed by atoms with Crippen molar-refractivity contribution in [2.45, 2.75) is 6.92 Å². The molecule has 1 aromatic rings. The summed E-state index contributed by atoms with van der Waals surface area (Å²) in [5.74, 6) is 0.772. The molecule has 3 heteroatoms. The van der Waals surface area contributed by atoms with Crippen molar-refractivity contribution in [3.63, 3.8) is 0 Å². The van der Waals surface area contributed by atoms with Gasteiger partial charge in [-0.3, -0.25) is 9.59 Å². The van der Waals surface area contributed by atoms with Crippen LogP contribution in [0.4, 0.5) is 0 Å². The Morgan fingerprint density at radius 2 is 2.00 bits per heavy atom. The molecule has 0 aromatic heterocycles. The fourth-order valence-electron chi connectivity index (χ4n) is 0.912. The van der Waals surface area contributed by atoms with Crippen molar-refractivity contribution < 1.29 is 9.59 Å². The predicted molar refractivity (Wildman–Crippen MR) is 54.3 cm³/mol. The third-order valence-electron chi connectivity index (χ3n) is 1.56. The van der Waals surface area contributed by atoms with E-state index in [0.29, 0.717) is 11.1 Å². The van der Waals surface area contributed by atoms with E-state index < -0.39 is 0 Å². The average molecular weight is 194 g/mol.